The Hall–Kier alpha value is -1.13. The predicted octanol–water partition coefficient (Wildman–Crippen LogP) is -0.621. The lowest BCUT2D eigenvalue weighted by molar-refractivity contribution is -0.0430. The van der Waals surface area contributed by atoms with Crippen molar-refractivity contribution in [2.24, 2.45) is 0 Å². The molecule has 3 heterocycles. The van der Waals surface area contributed by atoms with Crippen LogP contribution in [0.4, 0.5) is 5.82 Å². The largest absolute Gasteiger partial charge is 0.394 e. The third kappa shape index (κ3) is 2.21. The molecule has 0 bridgehead atoms. The minimum absolute atomic E-state index is 0. The summed E-state index contributed by atoms with van der Waals surface area (Å²) in [6.07, 6.45) is 0.725. The van der Waals surface area contributed by atoms with Crippen molar-refractivity contribution in [2.75, 3.05) is 12.3 Å². The van der Waals surface area contributed by atoms with Gasteiger partial charge >= 0.3 is 0 Å². The maximum atomic E-state index is 9.90. The Morgan fingerprint density at radius 1 is 1.40 bits per heavy atom. The number of rotatable bonds is 2. The number of fused-ring (bicyclic) bond motifs is 1. The number of ether oxygens (including phenoxy) is 1. The first-order valence-electron chi connectivity index (χ1n) is 5.69. The standard InChI is InChI=1S/C10H13N5O3S.ClH/c11-8-5-9(13-2-12-8)15(3-14-5)10-7(19)6(17)4(1-16)18-10;/h2-4,6-7,10,16-17,19H,1H2,(H2,11,12,13);1H/t4-,6-,7-,10-;/m1./s1. The van der Waals surface area contributed by atoms with E-state index in [1.807, 2.05) is 0 Å². The lowest BCUT2D eigenvalue weighted by atomic mass is 10.2. The molecule has 0 radical (unpaired) electrons. The number of imidazole rings is 1. The van der Waals surface area contributed by atoms with E-state index in [9.17, 15) is 5.11 Å². The molecular weight excluding hydrogens is 306 g/mol. The first kappa shape index (κ1) is 15.3. The van der Waals surface area contributed by atoms with Crippen LogP contribution < -0.4 is 5.73 Å². The highest BCUT2D eigenvalue weighted by atomic mass is 35.5. The maximum Gasteiger partial charge on any atom is 0.167 e. The molecule has 0 unspecified atom stereocenters. The number of nitrogens with two attached hydrogens (primary N) is 1. The second-order valence-corrected chi connectivity index (χ2v) is 4.91. The number of anilines is 1. The highest BCUT2D eigenvalue weighted by Gasteiger charge is 2.42. The quantitative estimate of drug-likeness (QED) is 0.545. The van der Waals surface area contributed by atoms with Crippen molar-refractivity contribution in [3.8, 4) is 0 Å². The van der Waals surface area contributed by atoms with Crippen molar-refractivity contribution < 1.29 is 14.9 Å². The fraction of sp³-hybridized carbons (Fsp3) is 0.500. The van der Waals surface area contributed by atoms with Crippen LogP contribution in [0.1, 0.15) is 6.23 Å². The highest BCUT2D eigenvalue weighted by Crippen LogP contribution is 2.34. The number of halogens is 1. The van der Waals surface area contributed by atoms with Gasteiger partial charge in [0.05, 0.1) is 24.3 Å². The Labute approximate surface area is 125 Å². The van der Waals surface area contributed by atoms with Gasteiger partial charge in [-0.15, -0.1) is 12.4 Å². The predicted molar refractivity (Wildman–Crippen MR) is 76.8 cm³/mol. The average Bonchev–Trinajstić information content (AvgIpc) is 2.94. The van der Waals surface area contributed by atoms with Crippen LogP contribution in [0.15, 0.2) is 12.7 Å². The number of nitrogens with zero attached hydrogens (tertiary/aromatic N) is 4. The third-order valence-corrected chi connectivity index (χ3v) is 3.74. The molecule has 8 nitrogen and oxygen atoms in total. The van der Waals surface area contributed by atoms with E-state index in [-0.39, 0.29) is 24.8 Å². The average molecular weight is 320 g/mol. The second-order valence-electron chi connectivity index (χ2n) is 4.31. The topological polar surface area (TPSA) is 119 Å². The maximum absolute atomic E-state index is 9.90. The number of thiol groups is 1. The van der Waals surface area contributed by atoms with Gasteiger partial charge in [0, 0.05) is 0 Å². The highest BCUT2D eigenvalue weighted by molar-refractivity contribution is 7.81. The molecule has 1 aliphatic rings. The van der Waals surface area contributed by atoms with E-state index in [0.29, 0.717) is 11.2 Å². The molecule has 1 fully saturated rings. The van der Waals surface area contributed by atoms with Gasteiger partial charge in [-0.1, -0.05) is 0 Å². The summed E-state index contributed by atoms with van der Waals surface area (Å²) in [6.45, 7) is -0.279. The molecule has 1 aliphatic heterocycles. The van der Waals surface area contributed by atoms with Gasteiger partial charge in [0.25, 0.3) is 0 Å². The van der Waals surface area contributed by atoms with E-state index in [1.165, 1.54) is 12.7 Å². The number of aliphatic hydroxyl groups excluding tert-OH is 2. The summed E-state index contributed by atoms with van der Waals surface area (Å²) in [5.41, 5.74) is 6.68. The second kappa shape index (κ2) is 5.70. The minimum atomic E-state index is -0.866. The van der Waals surface area contributed by atoms with Crippen LogP contribution in [0, 0.1) is 0 Å². The summed E-state index contributed by atoms with van der Waals surface area (Å²) in [5, 5.41) is 18.5. The zero-order valence-electron chi connectivity index (χ0n) is 10.2. The van der Waals surface area contributed by atoms with Gasteiger partial charge in [0.1, 0.15) is 17.9 Å². The minimum Gasteiger partial charge on any atom is -0.394 e. The van der Waals surface area contributed by atoms with Crippen LogP contribution in [0.5, 0.6) is 0 Å². The van der Waals surface area contributed by atoms with Crippen LogP contribution in [0.25, 0.3) is 11.2 Å². The summed E-state index contributed by atoms with van der Waals surface area (Å²) >= 11 is 4.32. The van der Waals surface area contributed by atoms with E-state index in [2.05, 4.69) is 27.6 Å². The van der Waals surface area contributed by atoms with Gasteiger partial charge in [0.15, 0.2) is 17.7 Å². The number of nitrogen functional groups attached to an aromatic ring is 1. The zero-order valence-corrected chi connectivity index (χ0v) is 11.9. The molecule has 10 heteroatoms. The molecule has 0 aromatic carbocycles. The summed E-state index contributed by atoms with van der Waals surface area (Å²) in [4.78, 5) is 12.1. The lowest BCUT2D eigenvalue weighted by Gasteiger charge is -2.16. The number of hydrogen-bond acceptors (Lipinski definition) is 8. The van der Waals surface area contributed by atoms with Gasteiger partial charge in [0.2, 0.25) is 0 Å². The molecule has 3 rings (SSSR count). The summed E-state index contributed by atoms with van der Waals surface area (Å²) in [7, 11) is 0. The number of aliphatic hydroxyl groups is 2. The SMILES string of the molecule is Cl.Nc1ncnc2c1ncn2[C@@H]1O[C@H](CO)[C@@H](O)[C@H]1S. The fourth-order valence-electron chi connectivity index (χ4n) is 2.17. The van der Waals surface area contributed by atoms with Gasteiger partial charge in [-0.2, -0.15) is 12.6 Å². The molecule has 2 aromatic heterocycles. The Morgan fingerprint density at radius 2 is 2.15 bits per heavy atom. The molecule has 0 saturated carbocycles. The van der Waals surface area contributed by atoms with Crippen molar-refractivity contribution in [3.63, 3.8) is 0 Å². The van der Waals surface area contributed by atoms with Crippen molar-refractivity contribution >= 4 is 42.0 Å². The summed E-state index contributed by atoms with van der Waals surface area (Å²) in [5.74, 6) is 0.275. The zero-order chi connectivity index (χ0) is 13.6. The van der Waals surface area contributed by atoms with Gasteiger partial charge < -0.3 is 20.7 Å². The van der Waals surface area contributed by atoms with E-state index in [4.69, 9.17) is 15.6 Å². The van der Waals surface area contributed by atoms with Gasteiger partial charge in [-0.25, -0.2) is 15.0 Å². The normalized spacial score (nSPS) is 29.6. The molecule has 0 spiro atoms. The van der Waals surface area contributed by atoms with Crippen molar-refractivity contribution in [3.05, 3.63) is 12.7 Å². The molecule has 1 saturated heterocycles. The van der Waals surface area contributed by atoms with E-state index in [1.54, 1.807) is 4.57 Å². The van der Waals surface area contributed by atoms with Crippen LogP contribution in [0.3, 0.4) is 0 Å². The van der Waals surface area contributed by atoms with Crippen LogP contribution >= 0.6 is 25.0 Å². The number of aromatic nitrogens is 4. The lowest BCUT2D eigenvalue weighted by Crippen LogP contribution is -2.30. The smallest absolute Gasteiger partial charge is 0.167 e. The molecule has 110 valence electrons. The van der Waals surface area contributed by atoms with E-state index in [0.717, 1.165) is 0 Å². The van der Waals surface area contributed by atoms with Gasteiger partial charge in [-0.05, 0) is 0 Å². The first-order valence-corrected chi connectivity index (χ1v) is 6.20. The molecular formula is C10H14ClN5O3S. The Bertz CT molecular complexity index is 612. The van der Waals surface area contributed by atoms with Gasteiger partial charge in [-0.3, -0.25) is 4.57 Å². The van der Waals surface area contributed by atoms with Crippen LogP contribution in [-0.2, 0) is 4.74 Å². The van der Waals surface area contributed by atoms with E-state index >= 15 is 0 Å². The monoisotopic (exact) mass is 319 g/mol. The van der Waals surface area contributed by atoms with Crippen LogP contribution in [-0.4, -0.2) is 53.8 Å². The summed E-state index contributed by atoms with van der Waals surface area (Å²) < 4.78 is 7.20. The van der Waals surface area contributed by atoms with E-state index < -0.39 is 23.7 Å². The molecule has 0 amide bonds. The van der Waals surface area contributed by atoms with Crippen molar-refractivity contribution in [1.82, 2.24) is 19.5 Å². The molecule has 2 aromatic rings. The third-order valence-electron chi connectivity index (χ3n) is 3.18. The van der Waals surface area contributed by atoms with Crippen LogP contribution in [0.2, 0.25) is 0 Å². The fourth-order valence-corrected chi connectivity index (χ4v) is 2.57. The Kier molecular flexibility index (Phi) is 4.35. The molecule has 4 N–H and O–H groups in total. The summed E-state index contributed by atoms with van der Waals surface area (Å²) in [6, 6.07) is 0. The van der Waals surface area contributed by atoms with Crippen molar-refractivity contribution in [1.29, 1.82) is 0 Å². The molecule has 4 atom stereocenters. The number of hydrogen-bond donors (Lipinski definition) is 4. The van der Waals surface area contributed by atoms with Crippen molar-refractivity contribution in [2.45, 2.75) is 23.7 Å². The first-order chi connectivity index (χ1) is 9.13. The Morgan fingerprint density at radius 3 is 2.80 bits per heavy atom. The molecule has 0 aliphatic carbocycles. The molecule has 20 heavy (non-hydrogen) atoms. The Balaban J connectivity index is 0.00000147.